The van der Waals surface area contributed by atoms with Gasteiger partial charge in [0.1, 0.15) is 6.04 Å². The van der Waals surface area contributed by atoms with Crippen molar-refractivity contribution in [2.75, 3.05) is 26.4 Å². The van der Waals surface area contributed by atoms with Crippen LogP contribution in [0.3, 0.4) is 0 Å². The first-order valence-electron chi connectivity index (χ1n) is 4.96. The number of amides is 1. The maximum atomic E-state index is 11.2. The molecular formula is C9H18N2O3. The number of carbonyl (C=O) groups is 1. The Labute approximate surface area is 83.6 Å². The Morgan fingerprint density at radius 3 is 2.79 bits per heavy atom. The molecule has 4 N–H and O–H groups in total. The van der Waals surface area contributed by atoms with E-state index in [2.05, 4.69) is 5.32 Å². The maximum absolute atomic E-state index is 11.2. The Hall–Kier alpha value is -0.650. The number of nitrogens with two attached hydrogens (primary N) is 1. The molecule has 1 aliphatic heterocycles. The normalized spacial score (nSPS) is 20.4. The first-order chi connectivity index (χ1) is 6.74. The monoisotopic (exact) mass is 202 g/mol. The van der Waals surface area contributed by atoms with Gasteiger partial charge < -0.3 is 20.9 Å². The van der Waals surface area contributed by atoms with Gasteiger partial charge in [-0.2, -0.15) is 0 Å². The lowest BCUT2D eigenvalue weighted by atomic mass is 10.0. The van der Waals surface area contributed by atoms with Gasteiger partial charge in [0.25, 0.3) is 0 Å². The molecule has 5 nitrogen and oxygen atoms in total. The van der Waals surface area contributed by atoms with Crippen LogP contribution < -0.4 is 11.1 Å². The number of carbonyl (C=O) groups excluding carboxylic acids is 1. The average molecular weight is 202 g/mol. The second-order valence-corrected chi connectivity index (χ2v) is 3.59. The van der Waals surface area contributed by atoms with Gasteiger partial charge in [0.2, 0.25) is 5.91 Å². The summed E-state index contributed by atoms with van der Waals surface area (Å²) in [5.41, 5.74) is 5.35. The summed E-state index contributed by atoms with van der Waals surface area (Å²) in [7, 11) is 0. The minimum atomic E-state index is -0.796. The van der Waals surface area contributed by atoms with Gasteiger partial charge in [-0.05, 0) is 18.8 Å². The molecule has 0 aromatic heterocycles. The molecule has 0 spiro atoms. The third kappa shape index (κ3) is 3.61. The molecule has 5 heteroatoms. The zero-order valence-electron chi connectivity index (χ0n) is 8.24. The lowest BCUT2D eigenvalue weighted by Gasteiger charge is -2.22. The number of hydrogen-bond acceptors (Lipinski definition) is 4. The van der Waals surface area contributed by atoms with Crippen molar-refractivity contribution in [3.05, 3.63) is 0 Å². The molecule has 14 heavy (non-hydrogen) atoms. The van der Waals surface area contributed by atoms with Crippen LogP contribution in [0.5, 0.6) is 0 Å². The number of hydrogen-bond donors (Lipinski definition) is 3. The fourth-order valence-electron chi connectivity index (χ4n) is 1.41. The van der Waals surface area contributed by atoms with E-state index in [1.54, 1.807) is 0 Å². The van der Waals surface area contributed by atoms with Crippen LogP contribution in [0, 0.1) is 5.92 Å². The quantitative estimate of drug-likeness (QED) is 0.537. The van der Waals surface area contributed by atoms with Crippen LogP contribution in [0.15, 0.2) is 0 Å². The van der Waals surface area contributed by atoms with Gasteiger partial charge in [-0.3, -0.25) is 4.79 Å². The topological polar surface area (TPSA) is 84.6 Å². The summed E-state index contributed by atoms with van der Waals surface area (Å²) in [6.45, 7) is 1.87. The molecule has 0 saturated carbocycles. The lowest BCUT2D eigenvalue weighted by molar-refractivity contribution is -0.123. The van der Waals surface area contributed by atoms with Crippen LogP contribution in [-0.4, -0.2) is 43.4 Å². The van der Waals surface area contributed by atoms with E-state index in [1.807, 2.05) is 0 Å². The van der Waals surface area contributed by atoms with Gasteiger partial charge in [-0.15, -0.1) is 0 Å². The second-order valence-electron chi connectivity index (χ2n) is 3.59. The Kier molecular flexibility index (Phi) is 4.86. The van der Waals surface area contributed by atoms with Crippen molar-refractivity contribution < 1.29 is 14.6 Å². The first-order valence-corrected chi connectivity index (χ1v) is 4.96. The van der Waals surface area contributed by atoms with Gasteiger partial charge in [0, 0.05) is 19.8 Å². The smallest absolute Gasteiger partial charge is 0.239 e. The second kappa shape index (κ2) is 5.95. The highest BCUT2D eigenvalue weighted by Gasteiger charge is 2.16. The molecule has 1 fully saturated rings. The number of ether oxygens (including phenoxy) is 1. The van der Waals surface area contributed by atoms with E-state index in [1.165, 1.54) is 0 Å². The number of aliphatic hydroxyl groups is 1. The van der Waals surface area contributed by atoms with Gasteiger partial charge in [0.05, 0.1) is 6.61 Å². The van der Waals surface area contributed by atoms with Gasteiger partial charge >= 0.3 is 0 Å². The van der Waals surface area contributed by atoms with Gasteiger partial charge in [-0.25, -0.2) is 0 Å². The van der Waals surface area contributed by atoms with Crippen molar-refractivity contribution in [3.8, 4) is 0 Å². The van der Waals surface area contributed by atoms with Gasteiger partial charge in [-0.1, -0.05) is 0 Å². The SMILES string of the molecule is N[C@@H](CO)C(=O)NCC1CCOCC1. The van der Waals surface area contributed by atoms with E-state index < -0.39 is 6.04 Å². The Balaban J connectivity index is 2.15. The average Bonchev–Trinajstić information content (AvgIpc) is 2.26. The highest BCUT2D eigenvalue weighted by atomic mass is 16.5. The molecule has 0 unspecified atom stereocenters. The Morgan fingerprint density at radius 2 is 2.21 bits per heavy atom. The molecule has 1 rings (SSSR count). The van der Waals surface area contributed by atoms with Crippen LogP contribution in [0.2, 0.25) is 0 Å². The summed E-state index contributed by atoms with van der Waals surface area (Å²) >= 11 is 0. The van der Waals surface area contributed by atoms with Crippen molar-refractivity contribution in [1.29, 1.82) is 0 Å². The van der Waals surface area contributed by atoms with Crippen LogP contribution in [0.1, 0.15) is 12.8 Å². The lowest BCUT2D eigenvalue weighted by Crippen LogP contribution is -2.45. The predicted molar refractivity (Wildman–Crippen MR) is 51.6 cm³/mol. The number of aliphatic hydroxyl groups excluding tert-OH is 1. The highest BCUT2D eigenvalue weighted by Crippen LogP contribution is 2.12. The summed E-state index contributed by atoms with van der Waals surface area (Å²) < 4.78 is 5.20. The van der Waals surface area contributed by atoms with E-state index in [4.69, 9.17) is 15.6 Å². The van der Waals surface area contributed by atoms with Crippen molar-refractivity contribution >= 4 is 5.91 Å². The predicted octanol–water partition coefficient (Wildman–Crippen LogP) is -1.15. The minimum absolute atomic E-state index is 0.279. The number of rotatable bonds is 4. The molecule has 1 saturated heterocycles. The standard InChI is InChI=1S/C9H18N2O3/c10-8(6-12)9(13)11-5-7-1-3-14-4-2-7/h7-8,12H,1-6,10H2,(H,11,13)/t8-/m0/s1. The molecule has 1 heterocycles. The molecule has 0 aliphatic carbocycles. The molecular weight excluding hydrogens is 184 g/mol. The fourth-order valence-corrected chi connectivity index (χ4v) is 1.41. The van der Waals surface area contributed by atoms with Gasteiger partial charge in [0.15, 0.2) is 0 Å². The summed E-state index contributed by atoms with van der Waals surface area (Å²) in [5.74, 6) is 0.206. The van der Waals surface area contributed by atoms with E-state index in [0.717, 1.165) is 26.1 Å². The highest BCUT2D eigenvalue weighted by molar-refractivity contribution is 5.81. The van der Waals surface area contributed by atoms with Crippen LogP contribution >= 0.6 is 0 Å². The number of nitrogens with one attached hydrogen (secondary N) is 1. The summed E-state index contributed by atoms with van der Waals surface area (Å²) in [6.07, 6.45) is 1.96. The third-order valence-electron chi connectivity index (χ3n) is 2.44. The Bertz CT molecular complexity index is 181. The summed E-state index contributed by atoms with van der Waals surface area (Å²) in [4.78, 5) is 11.2. The van der Waals surface area contributed by atoms with Crippen LogP contribution in [-0.2, 0) is 9.53 Å². The zero-order valence-corrected chi connectivity index (χ0v) is 8.24. The fraction of sp³-hybridized carbons (Fsp3) is 0.889. The van der Waals surface area contributed by atoms with Crippen LogP contribution in [0.25, 0.3) is 0 Å². The third-order valence-corrected chi connectivity index (χ3v) is 2.44. The van der Waals surface area contributed by atoms with E-state index >= 15 is 0 Å². The van der Waals surface area contributed by atoms with Crippen molar-refractivity contribution in [2.45, 2.75) is 18.9 Å². The molecule has 82 valence electrons. The molecule has 1 amide bonds. The molecule has 1 aliphatic rings. The Morgan fingerprint density at radius 1 is 1.57 bits per heavy atom. The van der Waals surface area contributed by atoms with E-state index in [9.17, 15) is 4.79 Å². The maximum Gasteiger partial charge on any atom is 0.239 e. The molecule has 1 atom stereocenters. The largest absolute Gasteiger partial charge is 0.394 e. The van der Waals surface area contributed by atoms with Crippen molar-refractivity contribution in [3.63, 3.8) is 0 Å². The van der Waals surface area contributed by atoms with Crippen molar-refractivity contribution in [2.24, 2.45) is 11.7 Å². The minimum Gasteiger partial charge on any atom is -0.394 e. The summed E-state index contributed by atoms with van der Waals surface area (Å²) in [6, 6.07) is -0.796. The summed E-state index contributed by atoms with van der Waals surface area (Å²) in [5, 5.41) is 11.4. The molecule has 0 radical (unpaired) electrons. The molecule has 0 aromatic carbocycles. The first kappa shape index (κ1) is 11.4. The molecule has 0 bridgehead atoms. The van der Waals surface area contributed by atoms with E-state index in [0.29, 0.717) is 12.5 Å². The zero-order chi connectivity index (χ0) is 10.4. The van der Waals surface area contributed by atoms with Crippen LogP contribution in [0.4, 0.5) is 0 Å². The molecule has 0 aromatic rings. The van der Waals surface area contributed by atoms with E-state index in [-0.39, 0.29) is 12.5 Å². The van der Waals surface area contributed by atoms with Crippen molar-refractivity contribution in [1.82, 2.24) is 5.32 Å².